The van der Waals surface area contributed by atoms with E-state index in [1.807, 2.05) is 0 Å². The van der Waals surface area contributed by atoms with Crippen molar-refractivity contribution in [2.45, 2.75) is 18.7 Å². The van der Waals surface area contributed by atoms with Crippen LogP contribution in [0.3, 0.4) is 0 Å². The molecule has 1 aromatic carbocycles. The van der Waals surface area contributed by atoms with Crippen LogP contribution in [-0.2, 0) is 10.0 Å². The van der Waals surface area contributed by atoms with Gasteiger partial charge >= 0.3 is 0 Å². The maximum atomic E-state index is 12.8. The molecule has 0 aliphatic carbocycles. The fourth-order valence-electron chi connectivity index (χ4n) is 2.57. The van der Waals surface area contributed by atoms with E-state index in [4.69, 9.17) is 11.6 Å². The first-order valence-corrected chi connectivity index (χ1v) is 11.4. The molecule has 1 N–H and O–H groups in total. The number of carbonyl (C=O) groups excluding carboxylic acids is 1. The number of nitrogens with one attached hydrogen (secondary N) is 1. The first-order valence-electron chi connectivity index (χ1n) is 8.70. The number of aromatic nitrogens is 3. The van der Waals surface area contributed by atoms with Gasteiger partial charge in [0, 0.05) is 36.6 Å². The molecular formula is C18H18ClN5O3S2. The van der Waals surface area contributed by atoms with Gasteiger partial charge in [-0.3, -0.25) is 4.79 Å². The van der Waals surface area contributed by atoms with Gasteiger partial charge in [0.15, 0.2) is 10.8 Å². The Morgan fingerprint density at radius 2 is 1.90 bits per heavy atom. The molecule has 0 saturated carbocycles. The zero-order valence-corrected chi connectivity index (χ0v) is 18.1. The van der Waals surface area contributed by atoms with Crippen molar-refractivity contribution in [3.8, 4) is 10.8 Å². The quantitative estimate of drug-likeness (QED) is 0.589. The summed E-state index contributed by atoms with van der Waals surface area (Å²) in [4.78, 5) is 25.0. The van der Waals surface area contributed by atoms with Gasteiger partial charge in [-0.25, -0.2) is 23.4 Å². The highest BCUT2D eigenvalue weighted by atomic mass is 35.5. The van der Waals surface area contributed by atoms with E-state index in [2.05, 4.69) is 20.3 Å². The molecule has 3 rings (SSSR count). The Morgan fingerprint density at radius 3 is 2.55 bits per heavy atom. The molecule has 8 nitrogen and oxygen atoms in total. The number of hydrogen-bond donors (Lipinski definition) is 1. The normalized spacial score (nSPS) is 11.6. The lowest BCUT2D eigenvalue weighted by atomic mass is 10.3. The van der Waals surface area contributed by atoms with Crippen LogP contribution in [0.2, 0.25) is 5.02 Å². The number of amides is 1. The highest BCUT2D eigenvalue weighted by Crippen LogP contribution is 2.28. The second-order valence-electron chi connectivity index (χ2n) is 5.80. The minimum absolute atomic E-state index is 0.0580. The number of sulfonamides is 1. The molecule has 1 amide bonds. The zero-order chi connectivity index (χ0) is 21.0. The molecule has 3 aromatic rings. The monoisotopic (exact) mass is 451 g/mol. The fraction of sp³-hybridized carbons (Fsp3) is 0.222. The SMILES string of the molecule is CCN(CC)S(=O)(=O)c1cc(NC(=O)c2csc(-c3ncccn3)n2)ccc1Cl. The van der Waals surface area contributed by atoms with Gasteiger partial charge in [-0.05, 0) is 24.3 Å². The third-order valence-corrected chi connectivity index (χ3v) is 7.38. The molecule has 0 spiro atoms. The van der Waals surface area contributed by atoms with E-state index in [1.54, 1.807) is 37.7 Å². The van der Waals surface area contributed by atoms with Gasteiger partial charge in [-0.15, -0.1) is 11.3 Å². The summed E-state index contributed by atoms with van der Waals surface area (Å²) >= 11 is 7.36. The molecular weight excluding hydrogens is 434 g/mol. The van der Waals surface area contributed by atoms with Crippen LogP contribution in [0.15, 0.2) is 46.9 Å². The lowest BCUT2D eigenvalue weighted by molar-refractivity contribution is 0.102. The van der Waals surface area contributed by atoms with Gasteiger partial charge < -0.3 is 5.32 Å². The number of benzene rings is 1. The molecule has 2 aromatic heterocycles. The molecule has 0 unspecified atom stereocenters. The molecule has 0 saturated heterocycles. The summed E-state index contributed by atoms with van der Waals surface area (Å²) in [5.41, 5.74) is 0.483. The van der Waals surface area contributed by atoms with Crippen LogP contribution in [-0.4, -0.2) is 46.7 Å². The Labute approximate surface area is 177 Å². The average molecular weight is 452 g/mol. The Balaban J connectivity index is 1.84. The smallest absolute Gasteiger partial charge is 0.275 e. The third kappa shape index (κ3) is 4.61. The third-order valence-electron chi connectivity index (χ3n) is 4.01. The van der Waals surface area contributed by atoms with Gasteiger partial charge in [-0.1, -0.05) is 25.4 Å². The van der Waals surface area contributed by atoms with Gasteiger partial charge in [0.05, 0.1) is 5.02 Å². The Morgan fingerprint density at radius 1 is 1.21 bits per heavy atom. The number of nitrogens with zero attached hydrogens (tertiary/aromatic N) is 4. The number of rotatable bonds is 7. The van der Waals surface area contributed by atoms with E-state index in [1.165, 1.54) is 33.8 Å². The summed E-state index contributed by atoms with van der Waals surface area (Å²) in [7, 11) is -3.77. The largest absolute Gasteiger partial charge is 0.321 e. The highest BCUT2D eigenvalue weighted by Gasteiger charge is 2.25. The molecule has 11 heteroatoms. The highest BCUT2D eigenvalue weighted by molar-refractivity contribution is 7.89. The van der Waals surface area contributed by atoms with Crippen LogP contribution in [0.5, 0.6) is 0 Å². The van der Waals surface area contributed by atoms with E-state index < -0.39 is 15.9 Å². The molecule has 0 bridgehead atoms. The Hall–Kier alpha value is -2.40. The summed E-state index contributed by atoms with van der Waals surface area (Å²) in [6.07, 6.45) is 3.18. The van der Waals surface area contributed by atoms with Gasteiger partial charge in [0.1, 0.15) is 10.6 Å². The Kier molecular flexibility index (Phi) is 6.58. The van der Waals surface area contributed by atoms with Crippen molar-refractivity contribution < 1.29 is 13.2 Å². The maximum Gasteiger partial charge on any atom is 0.275 e. The van der Waals surface area contributed by atoms with Crippen molar-refractivity contribution in [2.75, 3.05) is 18.4 Å². The summed E-state index contributed by atoms with van der Waals surface area (Å²) in [5.74, 6) is -0.0485. The number of hydrogen-bond acceptors (Lipinski definition) is 7. The summed E-state index contributed by atoms with van der Waals surface area (Å²) in [6, 6.07) is 6.02. The zero-order valence-electron chi connectivity index (χ0n) is 15.7. The molecule has 0 aliphatic heterocycles. The van der Waals surface area contributed by atoms with Crippen molar-refractivity contribution in [3.63, 3.8) is 0 Å². The summed E-state index contributed by atoms with van der Waals surface area (Å²) < 4.78 is 26.9. The fourth-order valence-corrected chi connectivity index (χ4v) is 5.27. The molecule has 0 atom stereocenters. The summed E-state index contributed by atoms with van der Waals surface area (Å²) in [5, 5.41) is 4.85. The second kappa shape index (κ2) is 8.95. The minimum atomic E-state index is -3.77. The predicted molar refractivity (Wildman–Crippen MR) is 113 cm³/mol. The maximum absolute atomic E-state index is 12.8. The lowest BCUT2D eigenvalue weighted by Crippen LogP contribution is -2.30. The number of halogens is 1. The first-order chi connectivity index (χ1) is 13.9. The van der Waals surface area contributed by atoms with Crippen LogP contribution in [0.4, 0.5) is 5.69 Å². The average Bonchev–Trinajstić information content (AvgIpc) is 3.21. The summed E-state index contributed by atoms with van der Waals surface area (Å²) in [6.45, 7) is 4.12. The molecule has 0 radical (unpaired) electrons. The van der Waals surface area contributed by atoms with Crippen LogP contribution >= 0.6 is 22.9 Å². The topological polar surface area (TPSA) is 105 Å². The lowest BCUT2D eigenvalue weighted by Gasteiger charge is -2.19. The van der Waals surface area contributed by atoms with Gasteiger partial charge in [0.2, 0.25) is 10.0 Å². The second-order valence-corrected chi connectivity index (χ2v) is 8.97. The van der Waals surface area contributed by atoms with Crippen LogP contribution in [0.1, 0.15) is 24.3 Å². The van der Waals surface area contributed by atoms with Crippen molar-refractivity contribution in [1.29, 1.82) is 0 Å². The van der Waals surface area contributed by atoms with E-state index in [0.29, 0.717) is 29.6 Å². The molecule has 0 aliphatic rings. The first kappa shape index (κ1) is 21.3. The van der Waals surface area contributed by atoms with Crippen LogP contribution < -0.4 is 5.32 Å². The molecule has 29 heavy (non-hydrogen) atoms. The molecule has 0 fully saturated rings. The standard InChI is InChI=1S/C18H18ClN5O3S2/c1-3-24(4-2)29(26,27)15-10-12(6-7-13(15)19)22-17(25)14-11-28-18(23-14)16-20-8-5-9-21-16/h5-11H,3-4H2,1-2H3,(H,22,25). The number of carbonyl (C=O) groups is 1. The van der Waals surface area contributed by atoms with E-state index in [9.17, 15) is 13.2 Å². The van der Waals surface area contributed by atoms with E-state index in [-0.39, 0.29) is 15.6 Å². The predicted octanol–water partition coefficient (Wildman–Crippen LogP) is 3.54. The van der Waals surface area contributed by atoms with E-state index >= 15 is 0 Å². The van der Waals surface area contributed by atoms with Crippen molar-refractivity contribution in [2.24, 2.45) is 0 Å². The number of thiazole rings is 1. The van der Waals surface area contributed by atoms with E-state index in [0.717, 1.165) is 0 Å². The van der Waals surface area contributed by atoms with Crippen LogP contribution in [0.25, 0.3) is 10.8 Å². The van der Waals surface area contributed by atoms with Crippen molar-refractivity contribution in [1.82, 2.24) is 19.3 Å². The van der Waals surface area contributed by atoms with Crippen molar-refractivity contribution >= 4 is 44.6 Å². The van der Waals surface area contributed by atoms with Gasteiger partial charge in [-0.2, -0.15) is 4.31 Å². The van der Waals surface area contributed by atoms with Crippen molar-refractivity contribution in [3.05, 3.63) is 52.8 Å². The van der Waals surface area contributed by atoms with Crippen LogP contribution in [0, 0.1) is 0 Å². The number of anilines is 1. The molecule has 2 heterocycles. The van der Waals surface area contributed by atoms with Gasteiger partial charge in [0.25, 0.3) is 5.91 Å². The minimum Gasteiger partial charge on any atom is -0.321 e. The Bertz CT molecular complexity index is 1120. The molecule has 152 valence electrons.